The average molecular weight is 232 g/mol. The van der Waals surface area contributed by atoms with Crippen LogP contribution in [0.2, 0.25) is 0 Å². The van der Waals surface area contributed by atoms with Crippen molar-refractivity contribution >= 4 is 23.1 Å². The van der Waals surface area contributed by atoms with E-state index in [1.807, 2.05) is 32.0 Å². The van der Waals surface area contributed by atoms with Crippen LogP contribution in [0, 0.1) is 13.8 Å². The van der Waals surface area contributed by atoms with Gasteiger partial charge in [-0.25, -0.2) is 4.37 Å². The summed E-state index contributed by atoms with van der Waals surface area (Å²) in [7, 11) is 0. The maximum absolute atomic E-state index is 11.8. The van der Waals surface area contributed by atoms with E-state index in [-0.39, 0.29) is 5.91 Å². The molecule has 4 heteroatoms. The lowest BCUT2D eigenvalue weighted by molar-refractivity contribution is 0.103. The second-order valence-electron chi connectivity index (χ2n) is 3.65. The Morgan fingerprint density at radius 3 is 2.81 bits per heavy atom. The maximum atomic E-state index is 11.8. The molecule has 0 aliphatic rings. The number of benzene rings is 1. The molecule has 1 aromatic carbocycles. The first-order valence-corrected chi connectivity index (χ1v) is 5.73. The Morgan fingerprint density at radius 1 is 1.31 bits per heavy atom. The summed E-state index contributed by atoms with van der Waals surface area (Å²) in [5.41, 5.74) is 3.05. The summed E-state index contributed by atoms with van der Waals surface area (Å²) >= 11 is 1.20. The van der Waals surface area contributed by atoms with E-state index < -0.39 is 0 Å². The van der Waals surface area contributed by atoms with E-state index in [4.69, 9.17) is 0 Å². The van der Waals surface area contributed by atoms with Gasteiger partial charge in [-0.2, -0.15) is 0 Å². The SMILES string of the molecule is Cc1ccc(C)c(NC(=O)c2ccns2)c1. The Hall–Kier alpha value is -1.68. The van der Waals surface area contributed by atoms with Gasteiger partial charge in [0.05, 0.1) is 0 Å². The van der Waals surface area contributed by atoms with Crippen molar-refractivity contribution < 1.29 is 4.79 Å². The first-order valence-electron chi connectivity index (χ1n) is 4.96. The molecule has 0 saturated carbocycles. The normalized spacial score (nSPS) is 10.1. The van der Waals surface area contributed by atoms with Crippen molar-refractivity contribution in [1.82, 2.24) is 4.37 Å². The van der Waals surface area contributed by atoms with E-state index >= 15 is 0 Å². The van der Waals surface area contributed by atoms with Crippen LogP contribution in [-0.4, -0.2) is 10.3 Å². The molecule has 0 unspecified atom stereocenters. The number of nitrogens with one attached hydrogen (secondary N) is 1. The van der Waals surface area contributed by atoms with Crippen molar-refractivity contribution in [2.45, 2.75) is 13.8 Å². The van der Waals surface area contributed by atoms with E-state index in [1.54, 1.807) is 12.3 Å². The number of rotatable bonds is 2. The van der Waals surface area contributed by atoms with E-state index in [0.717, 1.165) is 16.8 Å². The first-order chi connectivity index (χ1) is 7.66. The molecule has 3 nitrogen and oxygen atoms in total. The van der Waals surface area contributed by atoms with E-state index in [9.17, 15) is 4.79 Å². The highest BCUT2D eigenvalue weighted by molar-refractivity contribution is 7.08. The van der Waals surface area contributed by atoms with Gasteiger partial charge in [0, 0.05) is 11.9 Å². The van der Waals surface area contributed by atoms with Gasteiger partial charge >= 0.3 is 0 Å². The Morgan fingerprint density at radius 2 is 2.12 bits per heavy atom. The number of aryl methyl sites for hydroxylation is 2. The van der Waals surface area contributed by atoms with Crippen molar-refractivity contribution in [3.63, 3.8) is 0 Å². The predicted molar refractivity (Wildman–Crippen MR) is 66.0 cm³/mol. The van der Waals surface area contributed by atoms with Gasteiger partial charge < -0.3 is 5.32 Å². The molecule has 0 atom stereocenters. The molecule has 1 aromatic heterocycles. The summed E-state index contributed by atoms with van der Waals surface area (Å²) in [6.45, 7) is 3.98. The quantitative estimate of drug-likeness (QED) is 0.864. The Kier molecular flexibility index (Phi) is 3.01. The summed E-state index contributed by atoms with van der Waals surface area (Å²) in [6.07, 6.45) is 1.63. The number of anilines is 1. The highest BCUT2D eigenvalue weighted by Crippen LogP contribution is 2.18. The second kappa shape index (κ2) is 4.45. The monoisotopic (exact) mass is 232 g/mol. The molecular formula is C12H12N2OS. The number of carbonyl (C=O) groups is 1. The molecule has 2 aromatic rings. The van der Waals surface area contributed by atoms with Gasteiger partial charge in [-0.1, -0.05) is 12.1 Å². The van der Waals surface area contributed by atoms with Crippen LogP contribution in [-0.2, 0) is 0 Å². The summed E-state index contributed by atoms with van der Waals surface area (Å²) in [4.78, 5) is 12.4. The standard InChI is InChI=1S/C12H12N2OS/c1-8-3-4-9(2)10(7-8)14-12(15)11-5-6-13-16-11/h3-7H,1-2H3,(H,14,15). The number of amides is 1. The molecule has 0 aliphatic carbocycles. The first kappa shape index (κ1) is 10.8. The zero-order valence-electron chi connectivity index (χ0n) is 9.15. The smallest absolute Gasteiger partial charge is 0.267 e. The lowest BCUT2D eigenvalue weighted by Crippen LogP contribution is -2.11. The molecule has 0 aliphatic heterocycles. The van der Waals surface area contributed by atoms with E-state index in [1.165, 1.54) is 11.5 Å². The topological polar surface area (TPSA) is 42.0 Å². The van der Waals surface area contributed by atoms with Crippen LogP contribution in [0.1, 0.15) is 20.8 Å². The summed E-state index contributed by atoms with van der Waals surface area (Å²) < 4.78 is 3.91. The second-order valence-corrected chi connectivity index (χ2v) is 4.48. The van der Waals surface area contributed by atoms with Gasteiger partial charge in [-0.3, -0.25) is 4.79 Å². The minimum atomic E-state index is -0.101. The van der Waals surface area contributed by atoms with Gasteiger partial charge in [0.1, 0.15) is 4.88 Å². The van der Waals surface area contributed by atoms with Gasteiger partial charge in [0.2, 0.25) is 0 Å². The summed E-state index contributed by atoms with van der Waals surface area (Å²) in [5.74, 6) is -0.101. The zero-order chi connectivity index (χ0) is 11.5. The molecule has 1 N–H and O–H groups in total. The van der Waals surface area contributed by atoms with Crippen LogP contribution >= 0.6 is 11.5 Å². The van der Waals surface area contributed by atoms with E-state index in [2.05, 4.69) is 9.69 Å². The minimum absolute atomic E-state index is 0.101. The van der Waals surface area contributed by atoms with Gasteiger partial charge in [-0.05, 0) is 48.6 Å². The van der Waals surface area contributed by atoms with Gasteiger partial charge in [0.15, 0.2) is 0 Å². The molecule has 0 radical (unpaired) electrons. The van der Waals surface area contributed by atoms with Crippen molar-refractivity contribution in [3.05, 3.63) is 46.5 Å². The molecule has 0 spiro atoms. The third kappa shape index (κ3) is 2.28. The highest BCUT2D eigenvalue weighted by Gasteiger charge is 2.08. The number of aromatic nitrogens is 1. The number of hydrogen-bond acceptors (Lipinski definition) is 3. The van der Waals surface area contributed by atoms with Crippen LogP contribution in [0.4, 0.5) is 5.69 Å². The fourth-order valence-corrected chi connectivity index (χ4v) is 1.88. The number of carbonyl (C=O) groups excluding carboxylic acids is 1. The van der Waals surface area contributed by atoms with Gasteiger partial charge in [0.25, 0.3) is 5.91 Å². The number of hydrogen-bond donors (Lipinski definition) is 1. The Bertz CT molecular complexity index is 506. The summed E-state index contributed by atoms with van der Waals surface area (Å²) in [5, 5.41) is 2.88. The molecule has 16 heavy (non-hydrogen) atoms. The molecule has 1 heterocycles. The largest absolute Gasteiger partial charge is 0.321 e. The average Bonchev–Trinajstić information content (AvgIpc) is 2.76. The molecule has 0 saturated heterocycles. The third-order valence-corrected chi connectivity index (χ3v) is 3.05. The zero-order valence-corrected chi connectivity index (χ0v) is 9.97. The van der Waals surface area contributed by atoms with Crippen molar-refractivity contribution in [1.29, 1.82) is 0 Å². The van der Waals surface area contributed by atoms with Crippen LogP contribution in [0.5, 0.6) is 0 Å². The molecule has 82 valence electrons. The fraction of sp³-hybridized carbons (Fsp3) is 0.167. The Balaban J connectivity index is 2.21. The minimum Gasteiger partial charge on any atom is -0.321 e. The number of nitrogens with zero attached hydrogens (tertiary/aromatic N) is 1. The Labute approximate surface area is 98.3 Å². The molecule has 0 fully saturated rings. The van der Waals surface area contributed by atoms with Gasteiger partial charge in [-0.15, -0.1) is 0 Å². The maximum Gasteiger partial charge on any atom is 0.267 e. The molecule has 2 rings (SSSR count). The van der Waals surface area contributed by atoms with Crippen LogP contribution < -0.4 is 5.32 Å². The lowest BCUT2D eigenvalue weighted by atomic mass is 10.1. The lowest BCUT2D eigenvalue weighted by Gasteiger charge is -2.07. The van der Waals surface area contributed by atoms with Crippen molar-refractivity contribution in [2.24, 2.45) is 0 Å². The van der Waals surface area contributed by atoms with Crippen LogP contribution in [0.3, 0.4) is 0 Å². The van der Waals surface area contributed by atoms with Crippen LogP contribution in [0.25, 0.3) is 0 Å². The van der Waals surface area contributed by atoms with Crippen LogP contribution in [0.15, 0.2) is 30.5 Å². The van der Waals surface area contributed by atoms with Crippen molar-refractivity contribution in [3.8, 4) is 0 Å². The summed E-state index contributed by atoms with van der Waals surface area (Å²) in [6, 6.07) is 7.70. The highest BCUT2D eigenvalue weighted by atomic mass is 32.1. The molecular weight excluding hydrogens is 220 g/mol. The third-order valence-electron chi connectivity index (χ3n) is 2.30. The molecule has 0 bridgehead atoms. The predicted octanol–water partition coefficient (Wildman–Crippen LogP) is 3.01. The van der Waals surface area contributed by atoms with E-state index in [0.29, 0.717) is 4.88 Å². The van der Waals surface area contributed by atoms with Crippen molar-refractivity contribution in [2.75, 3.05) is 5.32 Å². The molecule has 1 amide bonds. The fourth-order valence-electron chi connectivity index (χ4n) is 1.39.